The number of benzene rings is 1. The summed E-state index contributed by atoms with van der Waals surface area (Å²) in [6, 6.07) is 2.94. The number of anilines is 1. The molecule has 1 aliphatic heterocycles. The Morgan fingerprint density at radius 2 is 1.77 bits per heavy atom. The lowest BCUT2D eigenvalue weighted by molar-refractivity contribution is -0.137. The lowest BCUT2D eigenvalue weighted by atomic mass is 9.96. The predicted molar refractivity (Wildman–Crippen MR) is 108 cm³/mol. The van der Waals surface area contributed by atoms with Gasteiger partial charge >= 0.3 is 12.3 Å². The molecule has 1 N–H and O–H groups in total. The molecular formula is C21H29F3N2O5. The summed E-state index contributed by atoms with van der Waals surface area (Å²) in [5.41, 5.74) is -1.55. The van der Waals surface area contributed by atoms with Crippen molar-refractivity contribution in [2.24, 2.45) is 5.92 Å². The maximum Gasteiger partial charge on any atom is 0.416 e. The lowest BCUT2D eigenvalue weighted by Gasteiger charge is -2.33. The Labute approximate surface area is 179 Å². The van der Waals surface area contributed by atoms with Gasteiger partial charge in [-0.2, -0.15) is 13.2 Å². The molecule has 1 aromatic carbocycles. The van der Waals surface area contributed by atoms with Gasteiger partial charge in [0.1, 0.15) is 18.0 Å². The Morgan fingerprint density at radius 3 is 2.32 bits per heavy atom. The van der Waals surface area contributed by atoms with Crippen LogP contribution >= 0.6 is 0 Å². The van der Waals surface area contributed by atoms with Gasteiger partial charge in [0.2, 0.25) is 5.91 Å². The van der Waals surface area contributed by atoms with Crippen molar-refractivity contribution >= 4 is 17.7 Å². The number of likely N-dealkylation sites (tertiary alicyclic amines) is 1. The van der Waals surface area contributed by atoms with Crippen LogP contribution in [0, 0.1) is 5.92 Å². The van der Waals surface area contributed by atoms with E-state index in [1.54, 1.807) is 20.8 Å². The number of halogens is 3. The predicted octanol–water partition coefficient (Wildman–Crippen LogP) is 4.32. The number of alkyl halides is 3. The van der Waals surface area contributed by atoms with E-state index in [1.807, 2.05) is 0 Å². The third-order valence-corrected chi connectivity index (χ3v) is 4.63. The molecule has 1 fully saturated rings. The quantitative estimate of drug-likeness (QED) is 0.659. The maximum atomic E-state index is 13.1. The number of hydrogen-bond donors (Lipinski definition) is 1. The minimum absolute atomic E-state index is 0.0505. The molecule has 0 radical (unpaired) electrons. The van der Waals surface area contributed by atoms with E-state index in [0.717, 1.165) is 12.1 Å². The summed E-state index contributed by atoms with van der Waals surface area (Å²) in [5, 5.41) is 2.56. The van der Waals surface area contributed by atoms with Crippen molar-refractivity contribution in [2.45, 2.75) is 45.4 Å². The van der Waals surface area contributed by atoms with Crippen molar-refractivity contribution in [2.75, 3.05) is 38.7 Å². The standard InChI is InChI=1S/C21H29F3N2O5/c1-20(2,3)31-19(28)26-9-7-14(8-10-26)18(27)25-16-13-15(21(22,23)24)5-6-17(16)30-12-11-29-4/h5-6,13-14H,7-12H2,1-4H3,(H,25,27). The summed E-state index contributed by atoms with van der Waals surface area (Å²) >= 11 is 0. The summed E-state index contributed by atoms with van der Waals surface area (Å²) in [7, 11) is 1.47. The molecule has 1 saturated heterocycles. The second-order valence-corrected chi connectivity index (χ2v) is 8.28. The molecule has 7 nitrogen and oxygen atoms in total. The highest BCUT2D eigenvalue weighted by Gasteiger charge is 2.33. The Hall–Kier alpha value is -2.49. The Morgan fingerprint density at radius 1 is 1.13 bits per heavy atom. The minimum Gasteiger partial charge on any atom is -0.489 e. The number of rotatable bonds is 6. The van der Waals surface area contributed by atoms with Gasteiger partial charge in [-0.3, -0.25) is 4.79 Å². The molecule has 1 aromatic rings. The van der Waals surface area contributed by atoms with Crippen LogP contribution < -0.4 is 10.1 Å². The zero-order valence-corrected chi connectivity index (χ0v) is 18.2. The second kappa shape index (κ2) is 10.2. The summed E-state index contributed by atoms with van der Waals surface area (Å²) in [6.45, 7) is 6.33. The number of amides is 2. The van der Waals surface area contributed by atoms with E-state index in [2.05, 4.69) is 5.32 Å². The second-order valence-electron chi connectivity index (χ2n) is 8.28. The van der Waals surface area contributed by atoms with Crippen LogP contribution in [0.1, 0.15) is 39.2 Å². The molecule has 0 bridgehead atoms. The highest BCUT2D eigenvalue weighted by atomic mass is 19.4. The highest BCUT2D eigenvalue weighted by Crippen LogP contribution is 2.35. The van der Waals surface area contributed by atoms with Crippen molar-refractivity contribution < 1.29 is 37.0 Å². The molecule has 1 aliphatic rings. The maximum absolute atomic E-state index is 13.1. The van der Waals surface area contributed by atoms with Crippen molar-refractivity contribution in [3.05, 3.63) is 23.8 Å². The van der Waals surface area contributed by atoms with E-state index in [1.165, 1.54) is 18.1 Å². The molecule has 0 spiro atoms. The van der Waals surface area contributed by atoms with Crippen molar-refractivity contribution in [1.29, 1.82) is 0 Å². The Bertz CT molecular complexity index is 769. The van der Waals surface area contributed by atoms with Gasteiger partial charge in [0.05, 0.1) is 17.9 Å². The summed E-state index contributed by atoms with van der Waals surface area (Å²) in [4.78, 5) is 26.4. The van der Waals surface area contributed by atoms with Gasteiger partial charge in [0, 0.05) is 26.1 Å². The monoisotopic (exact) mass is 446 g/mol. The van der Waals surface area contributed by atoms with Crippen LogP contribution in [-0.2, 0) is 20.4 Å². The number of carbonyl (C=O) groups is 2. The molecule has 0 saturated carbocycles. The summed E-state index contributed by atoms with van der Waals surface area (Å²) < 4.78 is 55.0. The van der Waals surface area contributed by atoms with Crippen LogP contribution in [0.2, 0.25) is 0 Å². The van der Waals surface area contributed by atoms with E-state index >= 15 is 0 Å². The summed E-state index contributed by atoms with van der Waals surface area (Å²) in [6.07, 6.45) is -4.24. The molecule has 174 valence electrons. The van der Waals surface area contributed by atoms with Crippen LogP contribution in [0.4, 0.5) is 23.7 Å². The van der Waals surface area contributed by atoms with Gasteiger partial charge < -0.3 is 24.4 Å². The molecule has 0 aliphatic carbocycles. The van der Waals surface area contributed by atoms with Gasteiger partial charge in [-0.25, -0.2) is 4.79 Å². The van der Waals surface area contributed by atoms with E-state index in [-0.39, 0.29) is 24.7 Å². The number of nitrogens with zero attached hydrogens (tertiary/aromatic N) is 1. The van der Waals surface area contributed by atoms with E-state index in [9.17, 15) is 22.8 Å². The number of ether oxygens (including phenoxy) is 3. The van der Waals surface area contributed by atoms with Crippen molar-refractivity contribution in [3.63, 3.8) is 0 Å². The third kappa shape index (κ3) is 7.61. The molecule has 31 heavy (non-hydrogen) atoms. The van der Waals surface area contributed by atoms with Crippen LogP contribution in [0.5, 0.6) is 5.75 Å². The minimum atomic E-state index is -4.55. The zero-order chi connectivity index (χ0) is 23.2. The first-order valence-corrected chi connectivity index (χ1v) is 10.0. The number of piperidine rings is 1. The molecule has 1 heterocycles. The van der Waals surface area contributed by atoms with Crippen LogP contribution in [0.25, 0.3) is 0 Å². The first kappa shape index (κ1) is 24.8. The topological polar surface area (TPSA) is 77.1 Å². The fraction of sp³-hybridized carbons (Fsp3) is 0.619. The van der Waals surface area contributed by atoms with Gasteiger partial charge in [-0.15, -0.1) is 0 Å². The average molecular weight is 446 g/mol. The molecule has 0 aromatic heterocycles. The number of nitrogens with one attached hydrogen (secondary N) is 1. The normalized spacial score (nSPS) is 15.5. The fourth-order valence-electron chi connectivity index (χ4n) is 3.05. The van der Waals surface area contributed by atoms with Crippen LogP contribution in [0.3, 0.4) is 0 Å². The molecule has 0 atom stereocenters. The number of carbonyl (C=O) groups excluding carboxylic acids is 2. The molecule has 2 amide bonds. The van der Waals surface area contributed by atoms with Crippen molar-refractivity contribution in [1.82, 2.24) is 4.90 Å². The number of hydrogen-bond acceptors (Lipinski definition) is 5. The molecule has 10 heteroatoms. The smallest absolute Gasteiger partial charge is 0.416 e. The highest BCUT2D eigenvalue weighted by molar-refractivity contribution is 5.94. The Kier molecular flexibility index (Phi) is 8.16. The molecular weight excluding hydrogens is 417 g/mol. The van der Waals surface area contributed by atoms with Crippen molar-refractivity contribution in [3.8, 4) is 5.75 Å². The van der Waals surface area contributed by atoms with Gasteiger partial charge in [0.15, 0.2) is 0 Å². The van der Waals surface area contributed by atoms with Gasteiger partial charge in [-0.05, 0) is 51.8 Å². The first-order valence-electron chi connectivity index (χ1n) is 10.0. The average Bonchev–Trinajstić information content (AvgIpc) is 2.67. The lowest BCUT2D eigenvalue weighted by Crippen LogP contribution is -2.43. The SMILES string of the molecule is COCCOc1ccc(C(F)(F)F)cc1NC(=O)C1CCN(C(=O)OC(C)(C)C)CC1. The third-order valence-electron chi connectivity index (χ3n) is 4.63. The van der Waals surface area contributed by atoms with Crippen LogP contribution in [0.15, 0.2) is 18.2 Å². The first-order chi connectivity index (χ1) is 14.4. The molecule has 2 rings (SSSR count). The largest absolute Gasteiger partial charge is 0.489 e. The van der Waals surface area contributed by atoms with Crippen LogP contribution in [-0.4, -0.2) is 55.9 Å². The van der Waals surface area contributed by atoms with E-state index in [0.29, 0.717) is 25.9 Å². The fourth-order valence-corrected chi connectivity index (χ4v) is 3.05. The summed E-state index contributed by atoms with van der Waals surface area (Å²) in [5.74, 6) is -0.732. The Balaban J connectivity index is 2.04. The zero-order valence-electron chi connectivity index (χ0n) is 18.2. The van der Waals surface area contributed by atoms with E-state index in [4.69, 9.17) is 14.2 Å². The molecule has 0 unspecified atom stereocenters. The van der Waals surface area contributed by atoms with Gasteiger partial charge in [0.25, 0.3) is 0 Å². The van der Waals surface area contributed by atoms with Gasteiger partial charge in [-0.1, -0.05) is 0 Å². The van der Waals surface area contributed by atoms with E-state index < -0.39 is 35.3 Å². The number of methoxy groups -OCH3 is 1.